The van der Waals surface area contributed by atoms with E-state index >= 15 is 0 Å². The molecule has 19 heavy (non-hydrogen) atoms. The van der Waals surface area contributed by atoms with Crippen LogP contribution in [0.15, 0.2) is 48.8 Å². The predicted molar refractivity (Wildman–Crippen MR) is 59.6 cm³/mol. The summed E-state index contributed by atoms with van der Waals surface area (Å²) >= 11 is 0. The van der Waals surface area contributed by atoms with Crippen LogP contribution in [-0.2, 0) is 6.18 Å². The van der Waals surface area contributed by atoms with Gasteiger partial charge in [-0.1, -0.05) is 5.43 Å². The van der Waals surface area contributed by atoms with E-state index in [1.54, 1.807) is 12.1 Å². The predicted octanol–water partition coefficient (Wildman–Crippen LogP) is 1.77. The van der Waals surface area contributed by atoms with E-state index in [-0.39, 0.29) is 5.56 Å². The maximum absolute atomic E-state index is 12.4. The van der Waals surface area contributed by atoms with Gasteiger partial charge in [0.05, 0.1) is 11.8 Å². The third-order valence-corrected chi connectivity index (χ3v) is 2.31. The molecular formula is C12H9F3N3O+. The smallest absolute Gasteiger partial charge is 0.263 e. The van der Waals surface area contributed by atoms with Crippen LogP contribution >= 0.6 is 0 Å². The van der Waals surface area contributed by atoms with Crippen LogP contribution < -0.4 is 10.2 Å². The number of rotatable bonds is 2. The second-order valence-electron chi connectivity index (χ2n) is 3.66. The molecule has 0 atom stereocenters. The number of hydrogen-bond donors (Lipinski definition) is 1. The first-order valence-corrected chi connectivity index (χ1v) is 5.28. The highest BCUT2D eigenvalue weighted by atomic mass is 19.4. The molecule has 0 spiro atoms. The van der Waals surface area contributed by atoms with Gasteiger partial charge in [0.25, 0.3) is 0 Å². The van der Waals surface area contributed by atoms with E-state index in [4.69, 9.17) is 0 Å². The third-order valence-electron chi connectivity index (χ3n) is 2.31. The van der Waals surface area contributed by atoms with Gasteiger partial charge < -0.3 is 0 Å². The van der Waals surface area contributed by atoms with Crippen LogP contribution in [0.4, 0.5) is 13.2 Å². The van der Waals surface area contributed by atoms with Crippen LogP contribution in [-0.4, -0.2) is 11.0 Å². The molecule has 0 unspecified atom stereocenters. The molecule has 1 amide bonds. The number of carbonyl (C=O) groups is 1. The summed E-state index contributed by atoms with van der Waals surface area (Å²) in [6.45, 7) is 0. The summed E-state index contributed by atoms with van der Waals surface area (Å²) < 4.78 is 37.1. The molecule has 98 valence electrons. The molecule has 0 aliphatic heterocycles. The minimum Gasteiger partial charge on any atom is -0.263 e. The summed E-state index contributed by atoms with van der Waals surface area (Å²) in [5, 5.41) is 3.81. The van der Waals surface area contributed by atoms with Crippen molar-refractivity contribution in [3.8, 4) is 0 Å². The Morgan fingerprint density at radius 3 is 2.37 bits per heavy atom. The van der Waals surface area contributed by atoms with Gasteiger partial charge >= 0.3 is 12.1 Å². The summed E-state index contributed by atoms with van der Waals surface area (Å²) in [5.41, 5.74) is 1.72. The maximum atomic E-state index is 12.4. The molecular weight excluding hydrogens is 259 g/mol. The van der Waals surface area contributed by atoms with Gasteiger partial charge in [0.15, 0.2) is 0 Å². The Morgan fingerprint density at radius 2 is 1.84 bits per heavy atom. The quantitative estimate of drug-likeness (QED) is 0.844. The number of benzene rings is 1. The molecule has 1 aromatic carbocycles. The highest BCUT2D eigenvalue weighted by Gasteiger charge is 2.30. The van der Waals surface area contributed by atoms with Crippen molar-refractivity contribution in [3.05, 3.63) is 59.9 Å². The average molecular weight is 268 g/mol. The largest absolute Gasteiger partial charge is 0.416 e. The van der Waals surface area contributed by atoms with Gasteiger partial charge in [-0.25, -0.2) is 0 Å². The molecule has 1 N–H and O–H groups in total. The van der Waals surface area contributed by atoms with E-state index in [2.05, 4.69) is 10.5 Å². The molecule has 1 heterocycles. The molecule has 4 nitrogen and oxygen atoms in total. The van der Waals surface area contributed by atoms with Crippen molar-refractivity contribution in [2.24, 2.45) is 0 Å². The number of carbonyl (C=O) groups excluding carboxylic acids is 1. The summed E-state index contributed by atoms with van der Waals surface area (Å²) in [6.07, 6.45) is -1.44. The molecule has 0 saturated heterocycles. The fourth-order valence-corrected chi connectivity index (χ4v) is 1.38. The minimum atomic E-state index is -4.41. The van der Waals surface area contributed by atoms with Crippen LogP contribution in [0, 0.1) is 0 Å². The molecule has 0 saturated carbocycles. The Hall–Kier alpha value is -2.44. The molecule has 2 rings (SSSR count). The zero-order valence-electron chi connectivity index (χ0n) is 9.56. The van der Waals surface area contributed by atoms with Gasteiger partial charge in [-0.2, -0.15) is 13.2 Å². The summed E-state index contributed by atoms with van der Waals surface area (Å²) in [4.78, 5) is 12.9. The normalized spacial score (nSPS) is 11.1. The van der Waals surface area contributed by atoms with Crippen molar-refractivity contribution in [2.45, 2.75) is 6.18 Å². The van der Waals surface area contributed by atoms with Crippen LogP contribution in [0.3, 0.4) is 0 Å². The number of alkyl halides is 3. The summed E-state index contributed by atoms with van der Waals surface area (Å²) in [7, 11) is 0. The van der Waals surface area contributed by atoms with E-state index < -0.39 is 17.6 Å². The van der Waals surface area contributed by atoms with E-state index in [0.29, 0.717) is 0 Å². The number of hydrogen-bond acceptors (Lipinski definition) is 2. The van der Waals surface area contributed by atoms with Gasteiger partial charge in [-0.05, 0) is 30.3 Å². The first kappa shape index (κ1) is 13.0. The number of nitrogens with zero attached hydrogens (tertiary/aromatic N) is 2. The Balaban J connectivity index is 2.12. The first-order chi connectivity index (χ1) is 8.97. The number of nitrogens with one attached hydrogen (secondary N) is 1. The van der Waals surface area contributed by atoms with Crippen molar-refractivity contribution in [2.75, 3.05) is 5.43 Å². The van der Waals surface area contributed by atoms with E-state index in [0.717, 1.165) is 24.3 Å². The lowest BCUT2D eigenvalue weighted by Gasteiger charge is -2.06. The lowest BCUT2D eigenvalue weighted by Crippen LogP contribution is -2.50. The molecule has 0 aliphatic carbocycles. The van der Waals surface area contributed by atoms with E-state index in [9.17, 15) is 18.0 Å². The molecule has 2 aromatic rings. The number of aromatic nitrogens is 2. The standard InChI is InChI=1S/C12H8F3N3O/c13-12(14,15)10-5-3-9(4-6-10)11(19)17-18-8-2-1-7-16-18/h1-8H/p+1. The second-order valence-corrected chi connectivity index (χ2v) is 3.66. The van der Waals surface area contributed by atoms with Crippen LogP contribution in [0.5, 0.6) is 0 Å². The molecule has 0 bridgehead atoms. The molecule has 7 heteroatoms. The highest BCUT2D eigenvalue weighted by molar-refractivity contribution is 5.98. The van der Waals surface area contributed by atoms with Gasteiger partial charge in [0, 0.05) is 21.5 Å². The molecule has 0 fully saturated rings. The Kier molecular flexibility index (Phi) is 3.46. The summed E-state index contributed by atoms with van der Waals surface area (Å²) in [5.74, 6) is -0.544. The van der Waals surface area contributed by atoms with Crippen molar-refractivity contribution in [3.63, 3.8) is 0 Å². The highest BCUT2D eigenvalue weighted by Crippen LogP contribution is 2.28. The lowest BCUT2D eigenvalue weighted by molar-refractivity contribution is -0.702. The molecule has 1 aromatic heterocycles. The SMILES string of the molecule is O=C(N[n+]1ccccn1)c1ccc(C(F)(F)F)cc1. The number of halogens is 3. The fraction of sp³-hybridized carbons (Fsp3) is 0.0833. The van der Waals surface area contributed by atoms with Crippen LogP contribution in [0.2, 0.25) is 0 Å². The van der Waals surface area contributed by atoms with Gasteiger partial charge in [-0.15, -0.1) is 0 Å². The van der Waals surface area contributed by atoms with Crippen LogP contribution in [0.25, 0.3) is 0 Å². The zero-order valence-corrected chi connectivity index (χ0v) is 9.56. The molecule has 0 radical (unpaired) electrons. The topological polar surface area (TPSA) is 45.9 Å². The Labute approximate surface area is 106 Å². The van der Waals surface area contributed by atoms with Gasteiger partial charge in [-0.3, -0.25) is 4.79 Å². The molecule has 0 aliphatic rings. The third kappa shape index (κ3) is 3.27. The fourth-order valence-electron chi connectivity index (χ4n) is 1.38. The monoisotopic (exact) mass is 268 g/mol. The van der Waals surface area contributed by atoms with Crippen molar-refractivity contribution in [1.29, 1.82) is 0 Å². The lowest BCUT2D eigenvalue weighted by atomic mass is 10.1. The van der Waals surface area contributed by atoms with E-state index in [1.807, 2.05) is 0 Å². The Bertz CT molecular complexity index is 567. The second kappa shape index (κ2) is 5.05. The van der Waals surface area contributed by atoms with Gasteiger partial charge in [0.1, 0.15) is 0 Å². The maximum Gasteiger partial charge on any atom is 0.416 e. The van der Waals surface area contributed by atoms with Crippen molar-refractivity contribution >= 4 is 5.91 Å². The number of amides is 1. The van der Waals surface area contributed by atoms with Gasteiger partial charge in [0.2, 0.25) is 6.20 Å². The van der Waals surface area contributed by atoms with E-state index in [1.165, 1.54) is 17.2 Å². The summed E-state index contributed by atoms with van der Waals surface area (Å²) in [6, 6.07) is 7.26. The first-order valence-electron chi connectivity index (χ1n) is 5.28. The van der Waals surface area contributed by atoms with Crippen LogP contribution in [0.1, 0.15) is 15.9 Å². The minimum absolute atomic E-state index is 0.117. The van der Waals surface area contributed by atoms with Crippen molar-refractivity contribution in [1.82, 2.24) is 5.10 Å². The Morgan fingerprint density at radius 1 is 1.16 bits per heavy atom. The average Bonchev–Trinajstić information content (AvgIpc) is 2.39. The van der Waals surface area contributed by atoms with Crippen molar-refractivity contribution < 1.29 is 22.8 Å². The zero-order chi connectivity index (χ0) is 13.9.